The van der Waals surface area contributed by atoms with E-state index in [2.05, 4.69) is 29.3 Å². The van der Waals surface area contributed by atoms with Gasteiger partial charge in [0, 0.05) is 6.04 Å². The fourth-order valence-corrected chi connectivity index (χ4v) is 2.48. The molecule has 1 aromatic rings. The maximum Gasteiger partial charge on any atom is 0.234 e. The van der Waals surface area contributed by atoms with Gasteiger partial charge in [-0.05, 0) is 44.8 Å². The van der Waals surface area contributed by atoms with Gasteiger partial charge in [-0.1, -0.05) is 30.3 Å². The molecule has 1 aromatic carbocycles. The number of hydrogen-bond acceptors (Lipinski definition) is 2. The molecule has 0 aromatic heterocycles. The molecule has 1 saturated heterocycles. The molecule has 1 heterocycles. The normalized spacial score (nSPS) is 17.6. The van der Waals surface area contributed by atoms with Crippen molar-refractivity contribution in [2.75, 3.05) is 19.6 Å². The second kappa shape index (κ2) is 6.55. The molecule has 3 heteroatoms. The van der Waals surface area contributed by atoms with Crippen molar-refractivity contribution in [1.29, 1.82) is 0 Å². The Morgan fingerprint density at radius 2 is 1.94 bits per heavy atom. The van der Waals surface area contributed by atoms with Gasteiger partial charge in [0.05, 0.1) is 6.54 Å². The van der Waals surface area contributed by atoms with E-state index in [4.69, 9.17) is 0 Å². The van der Waals surface area contributed by atoms with E-state index in [9.17, 15) is 4.79 Å². The van der Waals surface area contributed by atoms with Crippen molar-refractivity contribution in [3.05, 3.63) is 35.9 Å². The van der Waals surface area contributed by atoms with Gasteiger partial charge in [-0.25, -0.2) is 0 Å². The van der Waals surface area contributed by atoms with Crippen molar-refractivity contribution >= 4 is 5.91 Å². The van der Waals surface area contributed by atoms with E-state index in [1.165, 1.54) is 18.4 Å². The molecule has 0 aliphatic carbocycles. The van der Waals surface area contributed by atoms with Crippen LogP contribution in [0.15, 0.2) is 30.3 Å². The van der Waals surface area contributed by atoms with E-state index in [1.807, 2.05) is 18.2 Å². The van der Waals surface area contributed by atoms with E-state index in [-0.39, 0.29) is 11.9 Å². The number of carbonyl (C=O) groups excluding carboxylic acids is 1. The average Bonchev–Trinajstić information content (AvgIpc) is 2.82. The Kier molecular flexibility index (Phi) is 4.76. The maximum absolute atomic E-state index is 11.8. The Hall–Kier alpha value is -1.35. The van der Waals surface area contributed by atoms with Crippen LogP contribution in [0.1, 0.15) is 25.3 Å². The van der Waals surface area contributed by atoms with Crippen LogP contribution in [0.2, 0.25) is 0 Å². The minimum Gasteiger partial charge on any atom is -0.352 e. The standard InChI is InChI=1S/C15H22N2O/c1-13(11-14-7-3-2-4-8-14)16-15(18)12-17-9-5-6-10-17/h2-4,7-8,13H,5-6,9-12H2,1H3,(H,16,18). The maximum atomic E-state index is 11.8. The molecule has 0 radical (unpaired) electrons. The number of benzene rings is 1. The van der Waals surface area contributed by atoms with Crippen molar-refractivity contribution in [1.82, 2.24) is 10.2 Å². The Bertz CT molecular complexity index is 371. The summed E-state index contributed by atoms with van der Waals surface area (Å²) < 4.78 is 0. The molecule has 0 bridgehead atoms. The van der Waals surface area contributed by atoms with Crippen LogP contribution in [-0.2, 0) is 11.2 Å². The number of nitrogens with one attached hydrogen (secondary N) is 1. The molecule has 2 rings (SSSR count). The quantitative estimate of drug-likeness (QED) is 0.859. The van der Waals surface area contributed by atoms with Gasteiger partial charge in [-0.3, -0.25) is 9.69 Å². The lowest BCUT2D eigenvalue weighted by Crippen LogP contribution is -2.40. The summed E-state index contributed by atoms with van der Waals surface area (Å²) in [4.78, 5) is 14.1. The molecule has 1 aliphatic rings. The Morgan fingerprint density at radius 3 is 2.61 bits per heavy atom. The first kappa shape index (κ1) is 13.1. The molecule has 1 atom stereocenters. The summed E-state index contributed by atoms with van der Waals surface area (Å²) in [6.45, 7) is 4.76. The molecule has 1 aliphatic heterocycles. The first-order valence-electron chi connectivity index (χ1n) is 6.79. The molecule has 1 amide bonds. The monoisotopic (exact) mass is 246 g/mol. The zero-order valence-electron chi connectivity index (χ0n) is 11.1. The summed E-state index contributed by atoms with van der Waals surface area (Å²) in [5.74, 6) is 0.153. The number of nitrogens with zero attached hydrogens (tertiary/aromatic N) is 1. The Balaban J connectivity index is 1.73. The summed E-state index contributed by atoms with van der Waals surface area (Å²) in [6, 6.07) is 10.5. The lowest BCUT2D eigenvalue weighted by Gasteiger charge is -2.18. The summed E-state index contributed by atoms with van der Waals surface area (Å²) in [5, 5.41) is 3.07. The van der Waals surface area contributed by atoms with Crippen molar-refractivity contribution in [2.45, 2.75) is 32.2 Å². The molecule has 98 valence electrons. The minimum atomic E-state index is 0.153. The summed E-state index contributed by atoms with van der Waals surface area (Å²) >= 11 is 0. The number of carbonyl (C=O) groups is 1. The molecule has 3 nitrogen and oxygen atoms in total. The zero-order chi connectivity index (χ0) is 12.8. The molecular formula is C15H22N2O. The third-order valence-electron chi connectivity index (χ3n) is 3.36. The number of likely N-dealkylation sites (tertiary alicyclic amines) is 1. The second-order valence-corrected chi connectivity index (χ2v) is 5.14. The molecule has 0 saturated carbocycles. The van der Waals surface area contributed by atoms with Gasteiger partial charge in [-0.2, -0.15) is 0 Å². The van der Waals surface area contributed by atoms with Crippen LogP contribution < -0.4 is 5.32 Å². The van der Waals surface area contributed by atoms with Crippen molar-refractivity contribution < 1.29 is 4.79 Å². The highest BCUT2D eigenvalue weighted by Gasteiger charge is 2.16. The lowest BCUT2D eigenvalue weighted by atomic mass is 10.1. The van der Waals surface area contributed by atoms with Crippen molar-refractivity contribution in [3.63, 3.8) is 0 Å². The van der Waals surface area contributed by atoms with Crippen molar-refractivity contribution in [2.24, 2.45) is 0 Å². The number of hydrogen-bond donors (Lipinski definition) is 1. The highest BCUT2D eigenvalue weighted by atomic mass is 16.2. The fourth-order valence-electron chi connectivity index (χ4n) is 2.48. The zero-order valence-corrected chi connectivity index (χ0v) is 11.1. The van der Waals surface area contributed by atoms with Crippen LogP contribution in [0.25, 0.3) is 0 Å². The topological polar surface area (TPSA) is 32.3 Å². The van der Waals surface area contributed by atoms with Crippen LogP contribution >= 0.6 is 0 Å². The second-order valence-electron chi connectivity index (χ2n) is 5.14. The van der Waals surface area contributed by atoms with E-state index in [0.29, 0.717) is 6.54 Å². The van der Waals surface area contributed by atoms with Gasteiger partial charge in [-0.15, -0.1) is 0 Å². The molecule has 1 unspecified atom stereocenters. The average molecular weight is 246 g/mol. The van der Waals surface area contributed by atoms with Gasteiger partial charge >= 0.3 is 0 Å². The van der Waals surface area contributed by atoms with Gasteiger partial charge < -0.3 is 5.32 Å². The summed E-state index contributed by atoms with van der Waals surface area (Å²) in [6.07, 6.45) is 3.35. The van der Waals surface area contributed by atoms with Gasteiger partial charge in [0.25, 0.3) is 0 Å². The predicted molar refractivity (Wildman–Crippen MR) is 73.4 cm³/mol. The Morgan fingerprint density at radius 1 is 1.28 bits per heavy atom. The van der Waals surface area contributed by atoms with Gasteiger partial charge in [0.1, 0.15) is 0 Å². The van der Waals surface area contributed by atoms with Crippen LogP contribution in [-0.4, -0.2) is 36.5 Å². The van der Waals surface area contributed by atoms with Gasteiger partial charge in [0.15, 0.2) is 0 Å². The fraction of sp³-hybridized carbons (Fsp3) is 0.533. The van der Waals surface area contributed by atoms with Crippen LogP contribution in [0.3, 0.4) is 0 Å². The van der Waals surface area contributed by atoms with E-state index in [0.717, 1.165) is 19.5 Å². The van der Waals surface area contributed by atoms with Crippen LogP contribution in [0.4, 0.5) is 0 Å². The molecule has 0 spiro atoms. The lowest BCUT2D eigenvalue weighted by molar-refractivity contribution is -0.122. The largest absolute Gasteiger partial charge is 0.352 e. The van der Waals surface area contributed by atoms with Crippen LogP contribution in [0, 0.1) is 0 Å². The number of rotatable bonds is 5. The van der Waals surface area contributed by atoms with E-state index in [1.54, 1.807) is 0 Å². The smallest absolute Gasteiger partial charge is 0.234 e. The Labute approximate surface area is 109 Å². The molecule has 1 N–H and O–H groups in total. The third kappa shape index (κ3) is 4.15. The van der Waals surface area contributed by atoms with E-state index >= 15 is 0 Å². The minimum absolute atomic E-state index is 0.153. The highest BCUT2D eigenvalue weighted by Crippen LogP contribution is 2.06. The SMILES string of the molecule is CC(Cc1ccccc1)NC(=O)CN1CCCC1. The third-order valence-corrected chi connectivity index (χ3v) is 3.36. The van der Waals surface area contributed by atoms with E-state index < -0.39 is 0 Å². The van der Waals surface area contributed by atoms with Crippen LogP contribution in [0.5, 0.6) is 0 Å². The summed E-state index contributed by atoms with van der Waals surface area (Å²) in [7, 11) is 0. The first-order chi connectivity index (χ1) is 8.74. The molecular weight excluding hydrogens is 224 g/mol. The highest BCUT2D eigenvalue weighted by molar-refractivity contribution is 5.78. The number of amides is 1. The molecule has 18 heavy (non-hydrogen) atoms. The molecule has 1 fully saturated rings. The summed E-state index contributed by atoms with van der Waals surface area (Å²) in [5.41, 5.74) is 1.27. The predicted octanol–water partition coefficient (Wildman–Crippen LogP) is 1.83. The first-order valence-corrected chi connectivity index (χ1v) is 6.79. The van der Waals surface area contributed by atoms with Gasteiger partial charge in [0.2, 0.25) is 5.91 Å². The van der Waals surface area contributed by atoms with Crippen molar-refractivity contribution in [3.8, 4) is 0 Å².